The van der Waals surface area contributed by atoms with Gasteiger partial charge in [0.15, 0.2) is 0 Å². The maximum absolute atomic E-state index is 14.9. The lowest BCUT2D eigenvalue weighted by atomic mass is 9.63. The van der Waals surface area contributed by atoms with Crippen LogP contribution in [0.1, 0.15) is 59.7 Å². The molecule has 4 nitrogen and oxygen atoms in total. The van der Waals surface area contributed by atoms with Gasteiger partial charge in [0, 0.05) is 36.4 Å². The molecule has 212 valence electrons. The predicted molar refractivity (Wildman–Crippen MR) is 140 cm³/mol. The zero-order valence-corrected chi connectivity index (χ0v) is 22.6. The summed E-state index contributed by atoms with van der Waals surface area (Å²) in [7, 11) is 0. The number of amides is 1. The number of likely N-dealkylation sites (tertiary alicyclic amines) is 1. The van der Waals surface area contributed by atoms with Crippen molar-refractivity contribution >= 4 is 5.91 Å². The standard InChI is InChI=1S/C31H32F5N3O/c1-19-13-20(3-9-26(19)32)15-30-11-12-39(28(40)22-4-7-24-16-37-18-38(24)17-22)27(30)10-5-21-14-23(6-8-25(21)30)29(2,33)31(34,35)36/h3,6,8-9,13-14,16,18,22,27H,4-5,7,10-12,15,17H2,1-2H3. The minimum absolute atomic E-state index is 0.0926. The highest BCUT2D eigenvalue weighted by molar-refractivity contribution is 5.80. The fraction of sp³-hybridized carbons (Fsp3) is 0.484. The average Bonchev–Trinajstić information content (AvgIpc) is 3.54. The molecule has 0 radical (unpaired) electrons. The van der Waals surface area contributed by atoms with Gasteiger partial charge in [0.25, 0.3) is 0 Å². The van der Waals surface area contributed by atoms with Gasteiger partial charge in [-0.2, -0.15) is 13.2 Å². The highest BCUT2D eigenvalue weighted by Gasteiger charge is 2.56. The highest BCUT2D eigenvalue weighted by atomic mass is 19.4. The second-order valence-corrected chi connectivity index (χ2v) is 11.9. The molecule has 40 heavy (non-hydrogen) atoms. The Kier molecular flexibility index (Phi) is 6.35. The van der Waals surface area contributed by atoms with Gasteiger partial charge in [-0.1, -0.05) is 30.3 Å². The minimum atomic E-state index is -5.03. The van der Waals surface area contributed by atoms with Crippen LogP contribution in [0.4, 0.5) is 22.0 Å². The van der Waals surface area contributed by atoms with Crippen molar-refractivity contribution in [3.8, 4) is 0 Å². The number of imidazole rings is 1. The maximum atomic E-state index is 14.9. The number of carbonyl (C=O) groups is 1. The smallest absolute Gasteiger partial charge is 0.338 e. The number of carbonyl (C=O) groups excluding carboxylic acids is 1. The van der Waals surface area contributed by atoms with Crippen LogP contribution < -0.4 is 0 Å². The Morgan fingerprint density at radius 3 is 2.65 bits per heavy atom. The molecule has 0 N–H and O–H groups in total. The van der Waals surface area contributed by atoms with E-state index in [-0.39, 0.29) is 23.7 Å². The third-order valence-electron chi connectivity index (χ3n) is 9.55. The summed E-state index contributed by atoms with van der Waals surface area (Å²) < 4.78 is 71.7. The molecule has 3 aromatic rings. The van der Waals surface area contributed by atoms with Crippen LogP contribution in [0, 0.1) is 18.7 Å². The molecule has 3 aliphatic rings. The molecule has 1 saturated heterocycles. The van der Waals surface area contributed by atoms with Crippen LogP contribution in [0.5, 0.6) is 0 Å². The van der Waals surface area contributed by atoms with Gasteiger partial charge in [0.1, 0.15) is 5.82 Å². The number of nitrogens with zero attached hydrogens (tertiary/aromatic N) is 3. The summed E-state index contributed by atoms with van der Waals surface area (Å²) >= 11 is 0. The van der Waals surface area contributed by atoms with Gasteiger partial charge >= 0.3 is 6.18 Å². The molecule has 2 aliphatic heterocycles. The van der Waals surface area contributed by atoms with E-state index >= 15 is 0 Å². The number of hydrogen-bond donors (Lipinski definition) is 0. The van der Waals surface area contributed by atoms with Crippen molar-refractivity contribution in [1.82, 2.24) is 14.5 Å². The van der Waals surface area contributed by atoms with Crippen LogP contribution in [0.3, 0.4) is 0 Å². The molecule has 2 aromatic carbocycles. The van der Waals surface area contributed by atoms with E-state index in [4.69, 9.17) is 0 Å². The van der Waals surface area contributed by atoms with E-state index in [2.05, 4.69) is 4.98 Å². The Hall–Kier alpha value is -3.23. The number of hydrogen-bond acceptors (Lipinski definition) is 2. The largest absolute Gasteiger partial charge is 0.426 e. The van der Waals surface area contributed by atoms with E-state index in [1.807, 2.05) is 15.7 Å². The number of fused-ring (bicyclic) bond motifs is 4. The number of rotatable bonds is 4. The molecule has 3 heterocycles. The van der Waals surface area contributed by atoms with Gasteiger partial charge in [0.05, 0.1) is 12.2 Å². The van der Waals surface area contributed by atoms with Gasteiger partial charge in [-0.25, -0.2) is 13.8 Å². The molecular weight excluding hydrogens is 525 g/mol. The first-order valence-corrected chi connectivity index (χ1v) is 13.8. The molecule has 0 spiro atoms. The number of aryl methyl sites for hydroxylation is 3. The van der Waals surface area contributed by atoms with Crippen LogP contribution in [-0.2, 0) is 41.7 Å². The number of aromatic nitrogens is 2. The first-order chi connectivity index (χ1) is 18.9. The maximum Gasteiger partial charge on any atom is 0.426 e. The summed E-state index contributed by atoms with van der Waals surface area (Å²) in [6, 6.07) is 9.07. The third-order valence-corrected chi connectivity index (χ3v) is 9.55. The summed E-state index contributed by atoms with van der Waals surface area (Å²) in [5.74, 6) is -0.386. The van der Waals surface area contributed by atoms with Crippen LogP contribution in [0.2, 0.25) is 0 Å². The lowest BCUT2D eigenvalue weighted by Crippen LogP contribution is -2.51. The predicted octanol–water partition coefficient (Wildman–Crippen LogP) is 6.37. The lowest BCUT2D eigenvalue weighted by Gasteiger charge is -2.45. The van der Waals surface area contributed by atoms with E-state index in [1.54, 1.807) is 31.5 Å². The van der Waals surface area contributed by atoms with Crippen molar-refractivity contribution in [2.45, 2.75) is 82.2 Å². The summed E-state index contributed by atoms with van der Waals surface area (Å²) in [5.41, 5.74) is -0.349. The summed E-state index contributed by atoms with van der Waals surface area (Å²) in [5, 5.41) is 0. The second-order valence-electron chi connectivity index (χ2n) is 11.9. The summed E-state index contributed by atoms with van der Waals surface area (Å²) in [4.78, 5) is 20.1. The zero-order chi connectivity index (χ0) is 28.4. The normalized spacial score (nSPS) is 25.6. The molecule has 1 aromatic heterocycles. The second kappa shape index (κ2) is 9.42. The van der Waals surface area contributed by atoms with Crippen LogP contribution >= 0.6 is 0 Å². The van der Waals surface area contributed by atoms with Crippen molar-refractivity contribution in [2.75, 3.05) is 6.54 Å². The third kappa shape index (κ3) is 4.23. The van der Waals surface area contributed by atoms with Crippen molar-refractivity contribution in [2.24, 2.45) is 5.92 Å². The van der Waals surface area contributed by atoms with Crippen molar-refractivity contribution < 1.29 is 26.7 Å². The molecule has 9 heteroatoms. The average molecular weight is 558 g/mol. The van der Waals surface area contributed by atoms with Gasteiger partial charge in [-0.3, -0.25) is 4.79 Å². The van der Waals surface area contributed by atoms with Gasteiger partial charge in [0.2, 0.25) is 11.6 Å². The van der Waals surface area contributed by atoms with Crippen LogP contribution in [-0.4, -0.2) is 39.1 Å². The molecular formula is C31H32F5N3O. The highest BCUT2D eigenvalue weighted by Crippen LogP contribution is 2.51. The van der Waals surface area contributed by atoms with Gasteiger partial charge < -0.3 is 9.47 Å². The zero-order valence-electron chi connectivity index (χ0n) is 22.6. The van der Waals surface area contributed by atoms with Crippen molar-refractivity contribution in [1.29, 1.82) is 0 Å². The van der Waals surface area contributed by atoms with Gasteiger partial charge in [-0.15, -0.1) is 0 Å². The Morgan fingerprint density at radius 2 is 1.90 bits per heavy atom. The van der Waals surface area contributed by atoms with Crippen molar-refractivity contribution in [3.63, 3.8) is 0 Å². The number of benzene rings is 2. The SMILES string of the molecule is Cc1cc(CC23CCN(C(=O)C4CCc5cncn5C4)C2CCc2cc(C(C)(F)C(F)(F)F)ccc23)ccc1F. The molecule has 0 bridgehead atoms. The van der Waals surface area contributed by atoms with E-state index in [0.717, 1.165) is 29.7 Å². The summed E-state index contributed by atoms with van der Waals surface area (Å²) in [6.07, 6.45) is 2.23. The van der Waals surface area contributed by atoms with Crippen LogP contribution in [0.15, 0.2) is 48.9 Å². The Balaban J connectivity index is 1.38. The van der Waals surface area contributed by atoms with E-state index in [0.29, 0.717) is 56.8 Å². The monoisotopic (exact) mass is 557 g/mol. The molecule has 4 atom stereocenters. The van der Waals surface area contributed by atoms with E-state index in [1.165, 1.54) is 18.2 Å². The van der Waals surface area contributed by atoms with Gasteiger partial charge in [-0.05, 0) is 86.3 Å². The molecule has 1 amide bonds. The van der Waals surface area contributed by atoms with E-state index < -0.39 is 22.8 Å². The fourth-order valence-electron chi connectivity index (χ4n) is 7.28. The topological polar surface area (TPSA) is 38.1 Å². The first kappa shape index (κ1) is 27.0. The molecule has 4 unspecified atom stereocenters. The Bertz CT molecular complexity index is 1460. The first-order valence-electron chi connectivity index (χ1n) is 13.8. The molecule has 0 saturated carbocycles. The number of halogens is 5. The molecule has 1 aliphatic carbocycles. The van der Waals surface area contributed by atoms with Crippen LogP contribution in [0.25, 0.3) is 0 Å². The van der Waals surface area contributed by atoms with Crippen molar-refractivity contribution in [3.05, 3.63) is 88.3 Å². The van der Waals surface area contributed by atoms with E-state index in [9.17, 15) is 26.7 Å². The quantitative estimate of drug-likeness (QED) is 0.350. The lowest BCUT2D eigenvalue weighted by molar-refractivity contribution is -0.228. The minimum Gasteiger partial charge on any atom is -0.338 e. The number of alkyl halides is 4. The molecule has 1 fully saturated rings. The summed E-state index contributed by atoms with van der Waals surface area (Å²) in [6.45, 7) is 3.37. The Labute approximate surface area is 230 Å². The Morgan fingerprint density at radius 1 is 1.10 bits per heavy atom. The molecule has 6 rings (SSSR count). The fourth-order valence-corrected chi connectivity index (χ4v) is 7.28.